The van der Waals surface area contributed by atoms with E-state index in [4.69, 9.17) is 13.7 Å². The molecule has 0 aliphatic carbocycles. The van der Waals surface area contributed by atoms with Crippen LogP contribution in [0.3, 0.4) is 0 Å². The molecule has 0 spiro atoms. The van der Waals surface area contributed by atoms with Gasteiger partial charge in [0.05, 0.1) is 25.6 Å². The first-order valence-corrected chi connectivity index (χ1v) is 25.0. The molecular weight excluding hydrogens is 677 g/mol. The average Bonchev–Trinajstić information content (AvgIpc) is 3.47. The van der Waals surface area contributed by atoms with Crippen LogP contribution in [0.15, 0.2) is 0 Å². The number of hydrogen-bond donors (Lipinski definition) is 0. The van der Waals surface area contributed by atoms with Crippen LogP contribution in [0.5, 0.6) is 0 Å². The van der Waals surface area contributed by atoms with Crippen molar-refractivity contribution in [2.45, 2.75) is 235 Å². The molecule has 0 radical (unpaired) electrons. The van der Waals surface area contributed by atoms with Gasteiger partial charge >= 0.3 is 0 Å². The average molecular weight is 771 g/mol. The summed E-state index contributed by atoms with van der Waals surface area (Å²) in [5, 5.41) is 0. The molecule has 1 heterocycles. The lowest BCUT2D eigenvalue weighted by Crippen LogP contribution is -2.32. The number of ether oxygens (including phenoxy) is 2. The molecule has 1 fully saturated rings. The highest BCUT2D eigenvalue weighted by Gasteiger charge is 2.41. The van der Waals surface area contributed by atoms with Gasteiger partial charge in [0, 0.05) is 12.8 Å². The van der Waals surface area contributed by atoms with Gasteiger partial charge in [0.2, 0.25) is 0 Å². The second-order valence-electron chi connectivity index (χ2n) is 19.7. The first kappa shape index (κ1) is 50.8. The van der Waals surface area contributed by atoms with Crippen molar-refractivity contribution in [1.29, 1.82) is 0 Å². The van der Waals surface area contributed by atoms with Crippen LogP contribution >= 0.6 is 0 Å². The molecule has 5 nitrogen and oxygen atoms in total. The van der Waals surface area contributed by atoms with Gasteiger partial charge in [-0.1, -0.05) is 185 Å². The van der Waals surface area contributed by atoms with Gasteiger partial charge in [0.25, 0.3) is 10.1 Å². The summed E-state index contributed by atoms with van der Waals surface area (Å²) in [5.41, 5.74) is 0. The SMILES string of the molecule is CC(C)CCCC(C)CCCC(C)CCCC(C)CCC1(CCC(C)CCCC(C)CCCC(C)CCCC(C)C)OCC(CCCOS(C)(=O)=O)O1. The molecule has 1 aliphatic rings. The topological polar surface area (TPSA) is 61.8 Å². The monoisotopic (exact) mass is 771 g/mol. The fraction of sp³-hybridized carbons (Fsp3) is 1.00. The van der Waals surface area contributed by atoms with Crippen LogP contribution in [0.1, 0.15) is 223 Å². The van der Waals surface area contributed by atoms with Gasteiger partial charge in [-0.05, 0) is 73.0 Å². The Hall–Kier alpha value is -0.170. The van der Waals surface area contributed by atoms with Gasteiger partial charge in [0.1, 0.15) is 0 Å². The standard InChI is InChI=1S/C47H94O5S/c1-38(2)19-12-21-40(5)23-14-25-42(7)27-16-29-44(9)32-34-47(50-37-46(52-47)31-18-36-51-53(11,48)49)35-33-45(10)30-17-28-43(8)26-15-24-41(6)22-13-20-39(3)4/h38-46H,12-37H2,1-11H3. The maximum absolute atomic E-state index is 11.4. The molecule has 1 saturated heterocycles. The Morgan fingerprint density at radius 3 is 1.15 bits per heavy atom. The quantitative estimate of drug-likeness (QED) is 0.0474. The highest BCUT2D eigenvalue weighted by Crippen LogP contribution is 2.38. The summed E-state index contributed by atoms with van der Waals surface area (Å²) in [6.07, 6.45) is 31.2. The van der Waals surface area contributed by atoms with Crippen molar-refractivity contribution in [1.82, 2.24) is 0 Å². The van der Waals surface area contributed by atoms with Crippen molar-refractivity contribution in [3.05, 3.63) is 0 Å². The molecule has 6 heteroatoms. The van der Waals surface area contributed by atoms with Crippen molar-refractivity contribution in [3.8, 4) is 0 Å². The Kier molecular flexibility index (Phi) is 27.9. The lowest BCUT2D eigenvalue weighted by molar-refractivity contribution is -0.182. The van der Waals surface area contributed by atoms with E-state index in [1.165, 1.54) is 116 Å². The predicted molar refractivity (Wildman–Crippen MR) is 230 cm³/mol. The van der Waals surface area contributed by atoms with Crippen LogP contribution in [-0.2, 0) is 23.8 Å². The van der Waals surface area contributed by atoms with E-state index in [1.54, 1.807) is 0 Å². The Morgan fingerprint density at radius 1 is 0.509 bits per heavy atom. The molecule has 0 N–H and O–H groups in total. The van der Waals surface area contributed by atoms with E-state index in [0.29, 0.717) is 24.9 Å². The molecular formula is C47H94O5S. The van der Waals surface area contributed by atoms with Gasteiger partial charge in [-0.3, -0.25) is 4.18 Å². The van der Waals surface area contributed by atoms with Crippen LogP contribution in [0.4, 0.5) is 0 Å². The molecule has 53 heavy (non-hydrogen) atoms. The highest BCUT2D eigenvalue weighted by molar-refractivity contribution is 7.85. The molecule has 1 aliphatic heterocycles. The van der Waals surface area contributed by atoms with Crippen LogP contribution < -0.4 is 0 Å². The summed E-state index contributed by atoms with van der Waals surface area (Å²) in [4.78, 5) is 0. The molecule has 0 aromatic carbocycles. The number of hydrogen-bond acceptors (Lipinski definition) is 5. The zero-order chi connectivity index (χ0) is 39.7. The Balaban J connectivity index is 2.47. The van der Waals surface area contributed by atoms with Crippen molar-refractivity contribution < 1.29 is 22.1 Å². The van der Waals surface area contributed by atoms with E-state index in [0.717, 1.165) is 73.9 Å². The predicted octanol–water partition coefficient (Wildman–Crippen LogP) is 14.6. The van der Waals surface area contributed by atoms with Crippen LogP contribution in [-0.4, -0.2) is 39.8 Å². The molecule has 0 amide bonds. The minimum Gasteiger partial charge on any atom is -0.347 e. The molecule has 0 saturated carbocycles. The summed E-state index contributed by atoms with van der Waals surface area (Å²) < 4.78 is 41.1. The lowest BCUT2D eigenvalue weighted by Gasteiger charge is -2.31. The van der Waals surface area contributed by atoms with Gasteiger partial charge < -0.3 is 9.47 Å². The zero-order valence-electron chi connectivity index (χ0n) is 37.5. The van der Waals surface area contributed by atoms with Gasteiger partial charge in [-0.15, -0.1) is 0 Å². The summed E-state index contributed by atoms with van der Waals surface area (Å²) in [7, 11) is -3.41. The normalized spacial score (nSPS) is 21.6. The van der Waals surface area contributed by atoms with E-state index >= 15 is 0 Å². The van der Waals surface area contributed by atoms with Crippen LogP contribution in [0.2, 0.25) is 0 Å². The van der Waals surface area contributed by atoms with Crippen molar-refractivity contribution >= 4 is 10.1 Å². The van der Waals surface area contributed by atoms with E-state index < -0.39 is 15.9 Å². The molecule has 7 unspecified atom stereocenters. The third-order valence-corrected chi connectivity index (χ3v) is 13.0. The Morgan fingerprint density at radius 2 is 0.830 bits per heavy atom. The Labute approximate surface area is 333 Å². The summed E-state index contributed by atoms with van der Waals surface area (Å²) >= 11 is 0. The first-order chi connectivity index (χ1) is 25.0. The fourth-order valence-electron chi connectivity index (χ4n) is 8.47. The van der Waals surface area contributed by atoms with Crippen LogP contribution in [0, 0.1) is 47.3 Å². The van der Waals surface area contributed by atoms with Gasteiger partial charge in [-0.25, -0.2) is 0 Å². The second kappa shape index (κ2) is 29.1. The van der Waals surface area contributed by atoms with Gasteiger partial charge in [0.15, 0.2) is 5.79 Å². The van der Waals surface area contributed by atoms with E-state index in [9.17, 15) is 8.42 Å². The third-order valence-electron chi connectivity index (χ3n) is 12.4. The minimum atomic E-state index is -3.41. The largest absolute Gasteiger partial charge is 0.347 e. The number of rotatable bonds is 35. The van der Waals surface area contributed by atoms with Gasteiger partial charge in [-0.2, -0.15) is 8.42 Å². The van der Waals surface area contributed by atoms with E-state index in [1.807, 2.05) is 0 Å². The van der Waals surface area contributed by atoms with Crippen molar-refractivity contribution in [2.24, 2.45) is 47.3 Å². The first-order valence-electron chi connectivity index (χ1n) is 23.1. The molecule has 318 valence electrons. The highest BCUT2D eigenvalue weighted by atomic mass is 32.2. The molecule has 0 aromatic rings. The van der Waals surface area contributed by atoms with E-state index in [-0.39, 0.29) is 12.7 Å². The fourth-order valence-corrected chi connectivity index (χ4v) is 8.89. The summed E-state index contributed by atoms with van der Waals surface area (Å²) in [6, 6.07) is 0. The molecule has 1 rings (SSSR count). The molecule has 7 atom stereocenters. The smallest absolute Gasteiger partial charge is 0.264 e. The minimum absolute atomic E-state index is 0.0151. The lowest BCUT2D eigenvalue weighted by atomic mass is 9.88. The second-order valence-corrected chi connectivity index (χ2v) is 21.4. The van der Waals surface area contributed by atoms with Crippen LogP contribution in [0.25, 0.3) is 0 Å². The third kappa shape index (κ3) is 28.8. The van der Waals surface area contributed by atoms with Crippen molar-refractivity contribution in [2.75, 3.05) is 19.5 Å². The maximum atomic E-state index is 11.4. The Bertz CT molecular complexity index is 916. The summed E-state index contributed by atoms with van der Waals surface area (Å²) in [5.74, 6) is 5.89. The molecule has 0 bridgehead atoms. The van der Waals surface area contributed by atoms with E-state index in [2.05, 4.69) is 69.2 Å². The van der Waals surface area contributed by atoms with Crippen molar-refractivity contribution in [3.63, 3.8) is 0 Å². The molecule has 0 aromatic heterocycles. The maximum Gasteiger partial charge on any atom is 0.264 e. The zero-order valence-corrected chi connectivity index (χ0v) is 38.3. The summed E-state index contributed by atoms with van der Waals surface area (Å²) in [6.45, 7) is 24.8.